The van der Waals surface area contributed by atoms with Crippen LogP contribution in [0.15, 0.2) is 18.2 Å². The van der Waals surface area contributed by atoms with Crippen molar-refractivity contribution in [3.8, 4) is 11.5 Å². The number of carbonyl (C=O) groups excluding carboxylic acids is 1. The second kappa shape index (κ2) is 5.09. The van der Waals surface area contributed by atoms with Gasteiger partial charge in [-0.3, -0.25) is 4.79 Å². The van der Waals surface area contributed by atoms with E-state index in [1.807, 2.05) is 18.2 Å². The molecular weight excluding hydrogens is 244 g/mol. The minimum absolute atomic E-state index is 0.00212. The van der Waals surface area contributed by atoms with E-state index in [9.17, 15) is 4.79 Å². The summed E-state index contributed by atoms with van der Waals surface area (Å²) in [6.07, 6.45) is 1.56. The number of amides is 1. The Bertz CT molecular complexity index is 484. The summed E-state index contributed by atoms with van der Waals surface area (Å²) >= 11 is 0. The molecule has 104 valence electrons. The van der Waals surface area contributed by atoms with Crippen LogP contribution in [0.2, 0.25) is 0 Å². The molecule has 0 bridgehead atoms. The van der Waals surface area contributed by atoms with Gasteiger partial charge in [0, 0.05) is 13.6 Å². The summed E-state index contributed by atoms with van der Waals surface area (Å²) in [6.45, 7) is 0.512. The fourth-order valence-corrected chi connectivity index (χ4v) is 2.05. The van der Waals surface area contributed by atoms with Crippen LogP contribution in [0.5, 0.6) is 11.5 Å². The van der Waals surface area contributed by atoms with Crippen LogP contribution in [0.4, 0.5) is 0 Å². The van der Waals surface area contributed by atoms with Crippen LogP contribution in [0, 0.1) is 0 Å². The number of nitrogens with two attached hydrogens (primary N) is 1. The summed E-state index contributed by atoms with van der Waals surface area (Å²) in [6, 6.07) is 5.63. The second-order valence-corrected chi connectivity index (χ2v) is 5.01. The van der Waals surface area contributed by atoms with Crippen LogP contribution in [0.1, 0.15) is 18.4 Å². The summed E-state index contributed by atoms with van der Waals surface area (Å²) in [4.78, 5) is 13.7. The highest BCUT2D eigenvalue weighted by Gasteiger charge is 2.47. The SMILES string of the molecule is COc1ccc(CN(C)C(=O)C2(N)CC2)cc1OC. The van der Waals surface area contributed by atoms with E-state index in [2.05, 4.69) is 0 Å². The molecule has 1 aromatic carbocycles. The van der Waals surface area contributed by atoms with Crippen molar-refractivity contribution in [1.29, 1.82) is 0 Å². The molecule has 2 rings (SSSR count). The van der Waals surface area contributed by atoms with Gasteiger partial charge < -0.3 is 20.1 Å². The molecule has 2 N–H and O–H groups in total. The first kappa shape index (κ1) is 13.7. The molecule has 1 fully saturated rings. The maximum absolute atomic E-state index is 12.1. The topological polar surface area (TPSA) is 64.8 Å². The van der Waals surface area contributed by atoms with E-state index in [1.54, 1.807) is 26.2 Å². The average molecular weight is 264 g/mol. The van der Waals surface area contributed by atoms with Crippen molar-refractivity contribution in [3.05, 3.63) is 23.8 Å². The Hall–Kier alpha value is -1.75. The monoisotopic (exact) mass is 264 g/mol. The molecule has 0 spiro atoms. The molecule has 1 amide bonds. The van der Waals surface area contributed by atoms with E-state index >= 15 is 0 Å². The third-order valence-corrected chi connectivity index (χ3v) is 3.43. The Labute approximate surface area is 113 Å². The van der Waals surface area contributed by atoms with Crippen molar-refractivity contribution in [3.63, 3.8) is 0 Å². The second-order valence-electron chi connectivity index (χ2n) is 5.01. The van der Waals surface area contributed by atoms with Gasteiger partial charge in [0.1, 0.15) is 0 Å². The van der Waals surface area contributed by atoms with E-state index in [4.69, 9.17) is 15.2 Å². The highest BCUT2D eigenvalue weighted by Crippen LogP contribution is 2.34. The third-order valence-electron chi connectivity index (χ3n) is 3.43. The maximum Gasteiger partial charge on any atom is 0.242 e. The lowest BCUT2D eigenvalue weighted by Gasteiger charge is -2.21. The molecule has 5 nitrogen and oxygen atoms in total. The first-order valence-corrected chi connectivity index (χ1v) is 6.25. The average Bonchev–Trinajstić information content (AvgIpc) is 3.16. The first-order valence-electron chi connectivity index (χ1n) is 6.25. The van der Waals surface area contributed by atoms with Crippen molar-refractivity contribution in [2.45, 2.75) is 24.9 Å². The van der Waals surface area contributed by atoms with Gasteiger partial charge in [0.25, 0.3) is 0 Å². The Morgan fingerprint density at radius 1 is 1.32 bits per heavy atom. The standard InChI is InChI=1S/C14H20N2O3/c1-16(13(17)14(15)6-7-14)9-10-4-5-11(18-2)12(8-10)19-3/h4-5,8H,6-7,9,15H2,1-3H3. The fraction of sp³-hybridized carbons (Fsp3) is 0.500. The zero-order chi connectivity index (χ0) is 14.0. The maximum atomic E-state index is 12.1. The van der Waals surface area contributed by atoms with E-state index in [0.717, 1.165) is 18.4 Å². The molecule has 1 aliphatic rings. The lowest BCUT2D eigenvalue weighted by molar-refractivity contribution is -0.132. The predicted molar refractivity (Wildman–Crippen MR) is 72.2 cm³/mol. The lowest BCUT2D eigenvalue weighted by Crippen LogP contribution is -2.43. The fourth-order valence-electron chi connectivity index (χ4n) is 2.05. The molecule has 0 unspecified atom stereocenters. The first-order chi connectivity index (χ1) is 9.00. The van der Waals surface area contributed by atoms with Crippen molar-refractivity contribution in [2.24, 2.45) is 5.73 Å². The minimum Gasteiger partial charge on any atom is -0.493 e. The van der Waals surface area contributed by atoms with Crippen LogP contribution in [0.25, 0.3) is 0 Å². The van der Waals surface area contributed by atoms with Gasteiger partial charge in [-0.15, -0.1) is 0 Å². The van der Waals surface area contributed by atoms with E-state index in [1.165, 1.54) is 0 Å². The number of likely N-dealkylation sites (N-methyl/N-ethyl adjacent to an activating group) is 1. The van der Waals surface area contributed by atoms with E-state index < -0.39 is 5.54 Å². The van der Waals surface area contributed by atoms with Crippen molar-refractivity contribution in [1.82, 2.24) is 4.90 Å². The molecule has 1 saturated carbocycles. The predicted octanol–water partition coefficient (Wildman–Crippen LogP) is 1.15. The number of hydrogen-bond acceptors (Lipinski definition) is 4. The zero-order valence-corrected chi connectivity index (χ0v) is 11.6. The summed E-state index contributed by atoms with van der Waals surface area (Å²) < 4.78 is 10.4. The van der Waals surface area contributed by atoms with Crippen molar-refractivity contribution < 1.29 is 14.3 Å². The van der Waals surface area contributed by atoms with Crippen LogP contribution in [0.3, 0.4) is 0 Å². The smallest absolute Gasteiger partial charge is 0.242 e. The number of hydrogen-bond donors (Lipinski definition) is 1. The van der Waals surface area contributed by atoms with E-state index in [0.29, 0.717) is 18.0 Å². The van der Waals surface area contributed by atoms with Gasteiger partial charge in [0.15, 0.2) is 11.5 Å². The molecule has 0 radical (unpaired) electrons. The summed E-state index contributed by atoms with van der Waals surface area (Å²) in [5, 5.41) is 0. The number of benzene rings is 1. The van der Waals surface area contributed by atoms with Crippen molar-refractivity contribution >= 4 is 5.91 Å². The van der Waals surface area contributed by atoms with Gasteiger partial charge in [0.05, 0.1) is 19.8 Å². The largest absolute Gasteiger partial charge is 0.493 e. The van der Waals surface area contributed by atoms with Gasteiger partial charge >= 0.3 is 0 Å². The molecule has 1 aliphatic carbocycles. The highest BCUT2D eigenvalue weighted by atomic mass is 16.5. The van der Waals surface area contributed by atoms with E-state index in [-0.39, 0.29) is 5.91 Å². The van der Waals surface area contributed by atoms with Gasteiger partial charge in [-0.05, 0) is 30.5 Å². The summed E-state index contributed by atoms with van der Waals surface area (Å²) in [5.41, 5.74) is 6.27. The number of rotatable bonds is 5. The number of methoxy groups -OCH3 is 2. The Morgan fingerprint density at radius 3 is 2.47 bits per heavy atom. The molecular formula is C14H20N2O3. The number of ether oxygens (including phenoxy) is 2. The zero-order valence-electron chi connectivity index (χ0n) is 11.6. The third kappa shape index (κ3) is 2.81. The number of carbonyl (C=O) groups is 1. The normalized spacial score (nSPS) is 15.8. The molecule has 0 saturated heterocycles. The van der Waals surface area contributed by atoms with Gasteiger partial charge in [-0.1, -0.05) is 6.07 Å². The summed E-state index contributed by atoms with van der Waals surface area (Å²) in [5.74, 6) is 1.34. The molecule has 0 heterocycles. The van der Waals surface area contributed by atoms with Crippen LogP contribution in [-0.2, 0) is 11.3 Å². The van der Waals surface area contributed by atoms with Crippen molar-refractivity contribution in [2.75, 3.05) is 21.3 Å². The summed E-state index contributed by atoms with van der Waals surface area (Å²) in [7, 11) is 4.96. The quantitative estimate of drug-likeness (QED) is 0.866. The Kier molecular flexibility index (Phi) is 3.66. The van der Waals surface area contributed by atoms with Gasteiger partial charge in [-0.2, -0.15) is 0 Å². The molecule has 0 aromatic heterocycles. The van der Waals surface area contributed by atoms with Crippen LogP contribution in [-0.4, -0.2) is 37.6 Å². The highest BCUT2D eigenvalue weighted by molar-refractivity contribution is 5.88. The Balaban J connectivity index is 2.08. The molecule has 19 heavy (non-hydrogen) atoms. The van der Waals surface area contributed by atoms with Gasteiger partial charge in [-0.25, -0.2) is 0 Å². The van der Waals surface area contributed by atoms with Crippen LogP contribution < -0.4 is 15.2 Å². The number of nitrogens with zero attached hydrogens (tertiary/aromatic N) is 1. The van der Waals surface area contributed by atoms with Gasteiger partial charge in [0.2, 0.25) is 5.91 Å². The molecule has 0 atom stereocenters. The Morgan fingerprint density at radius 2 is 1.95 bits per heavy atom. The molecule has 1 aromatic rings. The lowest BCUT2D eigenvalue weighted by atomic mass is 10.1. The minimum atomic E-state index is -0.620. The van der Waals surface area contributed by atoms with Crippen LogP contribution >= 0.6 is 0 Å². The molecule has 5 heteroatoms. The molecule has 0 aliphatic heterocycles.